The van der Waals surface area contributed by atoms with E-state index >= 15 is 0 Å². The van der Waals surface area contributed by atoms with Crippen molar-refractivity contribution in [2.24, 2.45) is 17.8 Å². The fraction of sp³-hybridized carbons (Fsp3) is 0.789. The van der Waals surface area contributed by atoms with Gasteiger partial charge in [-0.2, -0.15) is 17.2 Å². The van der Waals surface area contributed by atoms with Crippen LogP contribution in [0.3, 0.4) is 0 Å². The zero-order valence-electron chi connectivity index (χ0n) is 16.9. The summed E-state index contributed by atoms with van der Waals surface area (Å²) in [5.41, 5.74) is 0.286. The zero-order chi connectivity index (χ0) is 22.0. The maximum absolute atomic E-state index is 14.1. The molecule has 2 rings (SSSR count). The van der Waals surface area contributed by atoms with Gasteiger partial charge in [0.05, 0.1) is 13.0 Å². The van der Waals surface area contributed by atoms with E-state index in [4.69, 9.17) is 9.47 Å². The summed E-state index contributed by atoms with van der Waals surface area (Å²) < 4.78 is 65.3. The Morgan fingerprint density at radius 1 is 1.10 bits per heavy atom. The van der Waals surface area contributed by atoms with E-state index in [1.54, 1.807) is 6.92 Å². The van der Waals surface area contributed by atoms with Gasteiger partial charge in [0.2, 0.25) is 0 Å². The van der Waals surface area contributed by atoms with Crippen molar-refractivity contribution in [3.8, 4) is 0 Å². The highest BCUT2D eigenvalue weighted by atomic mass is 32.2. The van der Waals surface area contributed by atoms with Gasteiger partial charge in [0.1, 0.15) is 6.10 Å². The molecule has 0 aliphatic heterocycles. The van der Waals surface area contributed by atoms with E-state index in [1.165, 1.54) is 0 Å². The Labute approximate surface area is 169 Å². The summed E-state index contributed by atoms with van der Waals surface area (Å²) in [6.45, 7) is 5.95. The molecular formula is C19H28F2O7S. The van der Waals surface area contributed by atoms with Gasteiger partial charge in [0.25, 0.3) is 0 Å². The minimum Gasteiger partial charge on any atom is -0.459 e. The molecule has 2 saturated carbocycles. The molecule has 166 valence electrons. The molecule has 2 aliphatic rings. The number of esters is 2. The molecule has 0 aromatic carbocycles. The number of carbonyl (C=O) groups excluding carboxylic acids is 2. The molecule has 0 aromatic rings. The number of hydrogen-bond donors (Lipinski definition) is 0. The summed E-state index contributed by atoms with van der Waals surface area (Å²) in [6.07, 6.45) is 1.40. The minimum atomic E-state index is -5.20. The molecule has 0 amide bonds. The predicted octanol–water partition coefficient (Wildman–Crippen LogP) is 3.19. The summed E-state index contributed by atoms with van der Waals surface area (Å²) in [5.74, 6) is -2.24. The van der Waals surface area contributed by atoms with Crippen LogP contribution in [0.2, 0.25) is 0 Å². The van der Waals surface area contributed by atoms with E-state index in [1.807, 2.05) is 0 Å². The van der Waals surface area contributed by atoms with Gasteiger partial charge in [-0.15, -0.1) is 0 Å². The SMILES string of the molecule is C=C(C)C(=O)OC1CCCC2C(C(=O)OC(C)C(F)(F)S(=O)(=O)OC)CCCC12. The van der Waals surface area contributed by atoms with E-state index < -0.39 is 39.3 Å². The Balaban J connectivity index is 2.11. The first-order chi connectivity index (χ1) is 13.4. The fourth-order valence-electron chi connectivity index (χ4n) is 4.27. The Bertz CT molecular complexity index is 750. The standard InChI is InChI=1S/C19H28F2O7S/c1-11(2)17(22)28-16-10-6-7-13-14(16)8-5-9-15(13)18(23)27-12(3)19(20,21)29(24,25)26-4/h12-16H,1,5-10H2,2-4H3. The minimum absolute atomic E-state index is 0.0723. The topological polar surface area (TPSA) is 96.0 Å². The van der Waals surface area contributed by atoms with E-state index in [2.05, 4.69) is 10.8 Å². The first-order valence-electron chi connectivity index (χ1n) is 9.67. The van der Waals surface area contributed by atoms with Crippen molar-refractivity contribution in [1.82, 2.24) is 0 Å². The van der Waals surface area contributed by atoms with Gasteiger partial charge >= 0.3 is 27.3 Å². The van der Waals surface area contributed by atoms with Crippen LogP contribution in [-0.2, 0) is 33.4 Å². The predicted molar refractivity (Wildman–Crippen MR) is 99.3 cm³/mol. The van der Waals surface area contributed by atoms with Crippen LogP contribution in [0.5, 0.6) is 0 Å². The Morgan fingerprint density at radius 2 is 1.69 bits per heavy atom. The summed E-state index contributed by atoms with van der Waals surface area (Å²) >= 11 is 0. The van der Waals surface area contributed by atoms with Crippen LogP contribution >= 0.6 is 0 Å². The lowest BCUT2D eigenvalue weighted by molar-refractivity contribution is -0.173. The molecule has 0 bridgehead atoms. The average Bonchev–Trinajstić information content (AvgIpc) is 2.67. The summed E-state index contributed by atoms with van der Waals surface area (Å²) in [6, 6.07) is 0. The molecular weight excluding hydrogens is 410 g/mol. The van der Waals surface area contributed by atoms with E-state index in [9.17, 15) is 26.8 Å². The van der Waals surface area contributed by atoms with Gasteiger partial charge < -0.3 is 9.47 Å². The summed E-state index contributed by atoms with van der Waals surface area (Å²) in [4.78, 5) is 24.6. The van der Waals surface area contributed by atoms with Crippen molar-refractivity contribution < 1.29 is 40.4 Å². The average molecular weight is 438 g/mol. The molecule has 7 nitrogen and oxygen atoms in total. The smallest absolute Gasteiger partial charge is 0.405 e. The number of alkyl halides is 2. The molecule has 2 fully saturated rings. The third-order valence-electron chi connectivity index (χ3n) is 5.85. The van der Waals surface area contributed by atoms with Crippen LogP contribution in [0.1, 0.15) is 52.4 Å². The van der Waals surface area contributed by atoms with Gasteiger partial charge in [-0.3, -0.25) is 8.98 Å². The first kappa shape index (κ1) is 23.7. The van der Waals surface area contributed by atoms with E-state index in [-0.39, 0.29) is 23.5 Å². The number of halogens is 2. The number of rotatable bonds is 7. The quantitative estimate of drug-likeness (QED) is 0.342. The lowest BCUT2D eigenvalue weighted by atomic mass is 9.64. The second-order valence-corrected chi connectivity index (χ2v) is 9.57. The van der Waals surface area contributed by atoms with Crippen LogP contribution in [0.4, 0.5) is 8.78 Å². The molecule has 10 heteroatoms. The second kappa shape index (κ2) is 9.07. The lowest BCUT2D eigenvalue weighted by Crippen LogP contribution is -2.47. The van der Waals surface area contributed by atoms with E-state index in [0.29, 0.717) is 32.8 Å². The second-order valence-electron chi connectivity index (χ2n) is 7.78. The molecule has 0 heterocycles. The molecule has 0 aromatic heterocycles. The Hall–Kier alpha value is -1.55. The maximum atomic E-state index is 14.1. The number of fused-ring (bicyclic) bond motifs is 1. The molecule has 0 N–H and O–H groups in total. The highest BCUT2D eigenvalue weighted by molar-refractivity contribution is 7.87. The number of carbonyl (C=O) groups is 2. The lowest BCUT2D eigenvalue weighted by Gasteiger charge is -2.44. The zero-order valence-corrected chi connectivity index (χ0v) is 17.7. The van der Waals surface area contributed by atoms with Crippen molar-refractivity contribution in [2.45, 2.75) is 69.8 Å². The summed E-state index contributed by atoms with van der Waals surface area (Å²) in [7, 11) is -4.58. The Kier molecular flexibility index (Phi) is 7.42. The van der Waals surface area contributed by atoms with Crippen molar-refractivity contribution in [3.05, 3.63) is 12.2 Å². The highest BCUT2D eigenvalue weighted by Gasteiger charge is 2.54. The van der Waals surface area contributed by atoms with Crippen LogP contribution < -0.4 is 0 Å². The molecule has 2 aliphatic carbocycles. The number of hydrogen-bond acceptors (Lipinski definition) is 7. The maximum Gasteiger partial charge on any atom is 0.405 e. The van der Waals surface area contributed by atoms with Crippen LogP contribution in [0.25, 0.3) is 0 Å². The van der Waals surface area contributed by atoms with Crippen LogP contribution in [-0.4, -0.2) is 44.9 Å². The van der Waals surface area contributed by atoms with E-state index in [0.717, 1.165) is 19.8 Å². The van der Waals surface area contributed by atoms with Gasteiger partial charge in [0.15, 0.2) is 6.10 Å². The molecule has 0 saturated heterocycles. The van der Waals surface area contributed by atoms with Crippen molar-refractivity contribution in [1.29, 1.82) is 0 Å². The van der Waals surface area contributed by atoms with Crippen molar-refractivity contribution in [2.75, 3.05) is 7.11 Å². The monoisotopic (exact) mass is 438 g/mol. The van der Waals surface area contributed by atoms with Crippen molar-refractivity contribution in [3.63, 3.8) is 0 Å². The third kappa shape index (κ3) is 4.96. The molecule has 5 atom stereocenters. The van der Waals surface area contributed by atoms with Crippen LogP contribution in [0.15, 0.2) is 12.2 Å². The largest absolute Gasteiger partial charge is 0.459 e. The summed E-state index contributed by atoms with van der Waals surface area (Å²) in [5, 5.41) is -4.36. The van der Waals surface area contributed by atoms with Crippen molar-refractivity contribution >= 4 is 22.1 Å². The molecule has 0 radical (unpaired) electrons. The molecule has 29 heavy (non-hydrogen) atoms. The normalized spacial score (nSPS) is 28.7. The number of ether oxygens (including phenoxy) is 2. The highest BCUT2D eigenvalue weighted by Crippen LogP contribution is 2.46. The van der Waals surface area contributed by atoms with Gasteiger partial charge in [-0.25, -0.2) is 4.79 Å². The van der Waals surface area contributed by atoms with Crippen LogP contribution in [0, 0.1) is 17.8 Å². The van der Waals surface area contributed by atoms with Gasteiger partial charge in [-0.1, -0.05) is 13.0 Å². The molecule has 5 unspecified atom stereocenters. The van der Waals surface area contributed by atoms with Gasteiger partial charge in [-0.05, 0) is 57.8 Å². The molecule has 0 spiro atoms. The third-order valence-corrected chi connectivity index (χ3v) is 7.29. The Morgan fingerprint density at radius 3 is 2.28 bits per heavy atom. The first-order valence-corrected chi connectivity index (χ1v) is 11.1. The van der Waals surface area contributed by atoms with Gasteiger partial charge in [0, 0.05) is 5.57 Å². The fourth-order valence-corrected chi connectivity index (χ4v) is 4.94.